The molecule has 0 saturated carbocycles. The van der Waals surface area contributed by atoms with Gasteiger partial charge in [-0.15, -0.1) is 0 Å². The van der Waals surface area contributed by atoms with Crippen LogP contribution in [0.3, 0.4) is 0 Å². The van der Waals surface area contributed by atoms with E-state index < -0.39 is 46.7 Å². The Hall–Kier alpha value is 1.00. The van der Waals surface area contributed by atoms with Crippen LogP contribution in [0.25, 0.3) is 0 Å². The molecule has 1 aliphatic rings. The van der Waals surface area contributed by atoms with Gasteiger partial charge in [0.15, 0.2) is 11.9 Å². The number of aliphatic hydroxyl groups excluding tert-OH is 4. The number of ether oxygens (including phenoxy) is 1. The van der Waals surface area contributed by atoms with Crippen LogP contribution in [-0.2, 0) is 19.9 Å². The fraction of sp³-hybridized carbons (Fsp3) is 0.500. The van der Waals surface area contributed by atoms with E-state index in [4.69, 9.17) is 37.9 Å². The minimum absolute atomic E-state index is 0. The summed E-state index contributed by atoms with van der Waals surface area (Å²) in [5, 5.41) is 35.0. The van der Waals surface area contributed by atoms with Gasteiger partial charge in [0.05, 0.1) is 6.61 Å². The molecule has 13 heteroatoms. The molecule has 0 unspecified atom stereocenters. The molecule has 1 heterocycles. The van der Waals surface area contributed by atoms with Crippen molar-refractivity contribution in [2.24, 2.45) is 0 Å². The predicted octanol–water partition coefficient (Wildman–Crippen LogP) is -6.12. The van der Waals surface area contributed by atoms with Crippen LogP contribution in [-0.4, -0.2) is 85.8 Å². The van der Waals surface area contributed by atoms with Gasteiger partial charge in [-0.05, 0) is 0 Å². The Bertz CT molecular complexity index is 412. The molecule has 0 aromatic rings. The predicted molar refractivity (Wildman–Crippen MR) is 51.5 cm³/mol. The third-order valence-corrected chi connectivity index (χ3v) is 1.48. The number of esters is 1. The third-order valence-electron chi connectivity index (χ3n) is 1.48. The van der Waals surface area contributed by atoms with Gasteiger partial charge in [0, 0.05) is 10.4 Å². The van der Waals surface area contributed by atoms with E-state index in [1.807, 2.05) is 0 Å². The molecule has 0 aromatic heterocycles. The summed E-state index contributed by atoms with van der Waals surface area (Å²) >= 11 is 0. The zero-order valence-corrected chi connectivity index (χ0v) is 15.1. The normalized spacial score (nSPS) is 19.4. The van der Waals surface area contributed by atoms with Crippen molar-refractivity contribution < 1.29 is 98.9 Å². The van der Waals surface area contributed by atoms with E-state index in [0.29, 0.717) is 0 Å². The zero-order valence-electron chi connectivity index (χ0n) is 9.72. The van der Waals surface area contributed by atoms with Crippen molar-refractivity contribution >= 4 is 39.4 Å². The van der Waals surface area contributed by atoms with Crippen LogP contribution in [0.1, 0.15) is 0 Å². The van der Waals surface area contributed by atoms with Gasteiger partial charge < -0.3 is 34.3 Å². The minimum atomic E-state index is -5.17. The van der Waals surface area contributed by atoms with E-state index >= 15 is 0 Å². The molecule has 0 radical (unpaired) electrons. The van der Waals surface area contributed by atoms with Crippen LogP contribution >= 0.6 is 0 Å². The van der Waals surface area contributed by atoms with E-state index in [1.165, 1.54) is 0 Å². The van der Waals surface area contributed by atoms with Crippen molar-refractivity contribution in [1.82, 2.24) is 0 Å². The number of hydrogen-bond acceptors (Lipinski definition) is 10. The smallest absolute Gasteiger partial charge is 0.759 e. The van der Waals surface area contributed by atoms with Crippen molar-refractivity contribution in [2.75, 3.05) is 6.61 Å². The van der Waals surface area contributed by atoms with Crippen LogP contribution in [0, 0.1) is 0 Å². The molecule has 100 valence electrons. The summed E-state index contributed by atoms with van der Waals surface area (Å²) in [5.74, 6) is -2.78. The van der Waals surface area contributed by atoms with Gasteiger partial charge in [0.1, 0.15) is 6.10 Å². The number of cyclic esters (lactones) is 1. The number of rotatable bonds is 2. The van der Waals surface area contributed by atoms with E-state index in [9.17, 15) is 4.79 Å². The summed E-state index contributed by atoms with van der Waals surface area (Å²) in [4.78, 5) is 10.5. The Kier molecular flexibility index (Phi) is 14.1. The summed E-state index contributed by atoms with van der Waals surface area (Å²) in [6.45, 7) is -0.671. The topological polar surface area (TPSA) is 187 Å². The second kappa shape index (κ2) is 10.7. The first-order valence-corrected chi connectivity index (χ1v) is 5.20. The fourth-order valence-corrected chi connectivity index (χ4v) is 0.823. The summed E-state index contributed by atoms with van der Waals surface area (Å²) in [6.07, 6.45) is -2.78. The maximum atomic E-state index is 10.5. The molecule has 0 amide bonds. The van der Waals surface area contributed by atoms with E-state index in [-0.39, 0.29) is 74.4 Å². The van der Waals surface area contributed by atoms with Crippen molar-refractivity contribution in [3.8, 4) is 0 Å². The molecular formula is C6H8KMgO10S+. The zero-order chi connectivity index (χ0) is 13.8. The molecule has 1 rings (SSSR count). The molecule has 19 heavy (non-hydrogen) atoms. The molecular weight excluding hydrogens is 328 g/mol. The van der Waals surface area contributed by atoms with Gasteiger partial charge in [0.25, 0.3) is 0 Å². The molecule has 0 spiro atoms. The monoisotopic (exact) mass is 335 g/mol. The number of aliphatic hydroxyl groups is 4. The number of carbonyl (C=O) groups excluding carboxylic acids is 1. The largest absolute Gasteiger partial charge is 2.00 e. The molecule has 0 fully saturated rings. The van der Waals surface area contributed by atoms with Gasteiger partial charge in [-0.2, -0.15) is 0 Å². The first-order chi connectivity index (χ1) is 7.57. The Labute approximate surface area is 166 Å². The molecule has 0 bridgehead atoms. The van der Waals surface area contributed by atoms with Crippen molar-refractivity contribution in [1.29, 1.82) is 0 Å². The average Bonchev–Trinajstić information content (AvgIpc) is 2.42. The standard InChI is InChI=1S/C6H8O6.K.Mg.H2O4S/c7-1-2(8)5-3(9)4(10)6(11)12-5;;;1-5(2,3)4/h2,5,7-10H,1H2;;;(H2,1,2,3,4)/q;+1;+2;/p-2/t2-,5+;;;/m0.../s1. The van der Waals surface area contributed by atoms with Crippen LogP contribution < -0.4 is 51.4 Å². The van der Waals surface area contributed by atoms with Crippen LogP contribution in [0.5, 0.6) is 0 Å². The van der Waals surface area contributed by atoms with Gasteiger partial charge in [-0.1, -0.05) is 0 Å². The fourth-order valence-electron chi connectivity index (χ4n) is 0.823. The van der Waals surface area contributed by atoms with Gasteiger partial charge in [0.2, 0.25) is 5.76 Å². The summed E-state index contributed by atoms with van der Waals surface area (Å²) < 4.78 is 38.4. The number of carbonyl (C=O) groups is 1. The average molecular weight is 336 g/mol. The molecule has 0 aliphatic carbocycles. The first kappa shape index (κ1) is 25.0. The Morgan fingerprint density at radius 2 is 1.68 bits per heavy atom. The molecule has 1 aliphatic heterocycles. The Morgan fingerprint density at radius 3 is 1.89 bits per heavy atom. The second-order valence-corrected chi connectivity index (χ2v) is 3.53. The molecule has 10 nitrogen and oxygen atoms in total. The molecule has 4 N–H and O–H groups in total. The van der Waals surface area contributed by atoms with Gasteiger partial charge in [-0.25, -0.2) is 4.79 Å². The quantitative estimate of drug-likeness (QED) is 0.163. The van der Waals surface area contributed by atoms with E-state index in [0.717, 1.165) is 0 Å². The van der Waals surface area contributed by atoms with Crippen LogP contribution in [0.4, 0.5) is 0 Å². The third kappa shape index (κ3) is 10.4. The molecule has 2 atom stereocenters. The van der Waals surface area contributed by atoms with E-state index in [1.54, 1.807) is 0 Å². The maximum absolute atomic E-state index is 10.5. The van der Waals surface area contributed by atoms with Crippen molar-refractivity contribution in [2.45, 2.75) is 12.2 Å². The SMILES string of the molecule is O=C1O[C@H]([C@@H](O)CO)C(O)=C1O.O=S(=O)([O-])[O-].[K+].[Mg+2]. The van der Waals surface area contributed by atoms with Crippen LogP contribution in [0.15, 0.2) is 11.5 Å². The second-order valence-electron chi connectivity index (χ2n) is 2.72. The van der Waals surface area contributed by atoms with Gasteiger partial charge in [-0.3, -0.25) is 8.42 Å². The van der Waals surface area contributed by atoms with Gasteiger partial charge >= 0.3 is 80.4 Å². The van der Waals surface area contributed by atoms with E-state index in [2.05, 4.69) is 4.74 Å². The summed E-state index contributed by atoms with van der Waals surface area (Å²) in [5.41, 5.74) is 0. The summed E-state index contributed by atoms with van der Waals surface area (Å²) in [7, 11) is -5.17. The molecule has 0 aromatic carbocycles. The summed E-state index contributed by atoms with van der Waals surface area (Å²) in [6, 6.07) is 0. The van der Waals surface area contributed by atoms with Crippen molar-refractivity contribution in [3.63, 3.8) is 0 Å². The minimum Gasteiger partial charge on any atom is -0.759 e. The van der Waals surface area contributed by atoms with Crippen LogP contribution in [0.2, 0.25) is 0 Å². The number of hydrogen-bond donors (Lipinski definition) is 4. The maximum Gasteiger partial charge on any atom is 2.00 e. The van der Waals surface area contributed by atoms with Crippen molar-refractivity contribution in [3.05, 3.63) is 11.5 Å². The first-order valence-electron chi connectivity index (χ1n) is 3.86. The molecule has 0 saturated heterocycles. The Balaban J connectivity index is -0.000000320. The Morgan fingerprint density at radius 1 is 1.32 bits per heavy atom.